The molecule has 0 amide bonds. The van der Waals surface area contributed by atoms with E-state index in [1.165, 1.54) is 0 Å². The van der Waals surface area contributed by atoms with Gasteiger partial charge in [0.1, 0.15) is 22.7 Å². The molecule has 2 heterocycles. The van der Waals surface area contributed by atoms with Crippen molar-refractivity contribution in [3.63, 3.8) is 0 Å². The molecule has 8 heteroatoms. The lowest BCUT2D eigenvalue weighted by molar-refractivity contribution is 0.307. The number of nitrogens with one attached hydrogen (secondary N) is 1. The summed E-state index contributed by atoms with van der Waals surface area (Å²) in [6, 6.07) is 17.3. The van der Waals surface area contributed by atoms with Crippen LogP contribution in [0.3, 0.4) is 0 Å². The molecule has 1 aliphatic carbocycles. The maximum atomic E-state index is 12.7. The monoisotopic (exact) mass is 416 g/mol. The summed E-state index contributed by atoms with van der Waals surface area (Å²) in [5.41, 5.74) is 14.0. The summed E-state index contributed by atoms with van der Waals surface area (Å²) in [4.78, 5) is 12.7. The molecule has 5 N–H and O–H groups in total. The Labute approximate surface area is 178 Å². The molecular formula is C23H24N6O2. The van der Waals surface area contributed by atoms with Gasteiger partial charge in [-0.25, -0.2) is 5.10 Å². The summed E-state index contributed by atoms with van der Waals surface area (Å²) in [5.74, 6) is 1.72. The summed E-state index contributed by atoms with van der Waals surface area (Å²) >= 11 is 0. The highest BCUT2D eigenvalue weighted by Crippen LogP contribution is 2.35. The Hall–Kier alpha value is -3.65. The zero-order valence-electron chi connectivity index (χ0n) is 17.0. The van der Waals surface area contributed by atoms with Gasteiger partial charge in [-0.2, -0.15) is 10.2 Å². The number of fused-ring (bicyclic) bond motifs is 1. The molecule has 158 valence electrons. The van der Waals surface area contributed by atoms with Gasteiger partial charge < -0.3 is 16.2 Å². The van der Waals surface area contributed by atoms with Crippen LogP contribution in [-0.2, 0) is 0 Å². The summed E-state index contributed by atoms with van der Waals surface area (Å²) in [6.07, 6.45) is 3.70. The fourth-order valence-electron chi connectivity index (χ4n) is 4.31. The van der Waals surface area contributed by atoms with Crippen molar-refractivity contribution in [3.05, 3.63) is 65.0 Å². The van der Waals surface area contributed by atoms with E-state index in [0.717, 1.165) is 37.0 Å². The Bertz CT molecular complexity index is 1260. The molecule has 2 aromatic carbocycles. The first-order chi connectivity index (χ1) is 15.1. The number of aromatic nitrogens is 4. The van der Waals surface area contributed by atoms with E-state index in [0.29, 0.717) is 22.3 Å². The Balaban J connectivity index is 1.57. The minimum atomic E-state index is -0.300. The molecule has 2 unspecified atom stereocenters. The minimum Gasteiger partial charge on any atom is -0.457 e. The van der Waals surface area contributed by atoms with Gasteiger partial charge in [0.15, 0.2) is 5.82 Å². The zero-order valence-corrected chi connectivity index (χ0v) is 17.0. The first-order valence-corrected chi connectivity index (χ1v) is 10.5. The lowest BCUT2D eigenvalue weighted by Crippen LogP contribution is -2.30. The number of rotatable bonds is 4. The lowest BCUT2D eigenvalue weighted by Gasteiger charge is -2.27. The summed E-state index contributed by atoms with van der Waals surface area (Å²) < 4.78 is 7.68. The van der Waals surface area contributed by atoms with Crippen molar-refractivity contribution in [2.45, 2.75) is 37.8 Å². The summed E-state index contributed by atoms with van der Waals surface area (Å²) in [6.45, 7) is 0. The van der Waals surface area contributed by atoms with E-state index in [9.17, 15) is 4.79 Å². The van der Waals surface area contributed by atoms with Crippen molar-refractivity contribution in [3.8, 4) is 22.8 Å². The van der Waals surface area contributed by atoms with E-state index in [1.807, 2.05) is 54.6 Å². The standard InChI is InChI=1S/C23H24N6O2/c24-15-5-4-6-16(13-15)29-21-19(22(25)26-27-23(21)30)20(28-29)14-9-11-18(12-10-14)31-17-7-2-1-3-8-17/h1-3,7-12,15-16H,4-6,13,24H2,(H2,25,26)(H,27,30). The Morgan fingerprint density at radius 3 is 2.52 bits per heavy atom. The predicted octanol–water partition coefficient (Wildman–Crippen LogP) is 3.60. The third-order valence-electron chi connectivity index (χ3n) is 5.80. The molecule has 0 aliphatic heterocycles. The molecule has 1 aliphatic rings. The number of benzene rings is 2. The van der Waals surface area contributed by atoms with Crippen molar-refractivity contribution in [1.82, 2.24) is 20.0 Å². The molecule has 0 bridgehead atoms. The zero-order chi connectivity index (χ0) is 21.4. The van der Waals surface area contributed by atoms with Gasteiger partial charge in [-0.15, -0.1) is 0 Å². The maximum absolute atomic E-state index is 12.7. The second kappa shape index (κ2) is 7.88. The smallest absolute Gasteiger partial charge is 0.290 e. The molecular weight excluding hydrogens is 392 g/mol. The molecule has 5 rings (SSSR count). The fraction of sp³-hybridized carbons (Fsp3) is 0.261. The van der Waals surface area contributed by atoms with Crippen LogP contribution in [0.5, 0.6) is 11.5 Å². The molecule has 4 aromatic rings. The van der Waals surface area contributed by atoms with Crippen LogP contribution >= 0.6 is 0 Å². The molecule has 0 saturated heterocycles. The number of nitrogens with two attached hydrogens (primary N) is 2. The van der Waals surface area contributed by atoms with E-state index in [1.54, 1.807) is 4.68 Å². The molecule has 2 atom stereocenters. The van der Waals surface area contributed by atoms with Crippen molar-refractivity contribution in [2.24, 2.45) is 5.73 Å². The van der Waals surface area contributed by atoms with Gasteiger partial charge in [-0.1, -0.05) is 18.2 Å². The van der Waals surface area contributed by atoms with E-state index in [4.69, 9.17) is 21.3 Å². The number of aromatic amines is 1. The van der Waals surface area contributed by atoms with E-state index >= 15 is 0 Å². The van der Waals surface area contributed by atoms with Crippen LogP contribution in [0.15, 0.2) is 59.4 Å². The predicted molar refractivity (Wildman–Crippen MR) is 120 cm³/mol. The number of anilines is 1. The van der Waals surface area contributed by atoms with Crippen molar-refractivity contribution >= 4 is 16.7 Å². The first-order valence-electron chi connectivity index (χ1n) is 10.5. The molecule has 31 heavy (non-hydrogen) atoms. The van der Waals surface area contributed by atoms with E-state index in [-0.39, 0.29) is 23.5 Å². The SMILES string of the molecule is Nc1n[nH]c(=O)c2c1c(-c1ccc(Oc3ccccc3)cc1)nn2C1CCCC(N)C1. The van der Waals surface area contributed by atoms with E-state index < -0.39 is 0 Å². The number of H-pyrrole nitrogens is 1. The minimum absolute atomic E-state index is 0.0589. The number of nitrogens with zero attached hydrogens (tertiary/aromatic N) is 3. The highest BCUT2D eigenvalue weighted by Gasteiger charge is 2.27. The highest BCUT2D eigenvalue weighted by atomic mass is 16.5. The lowest BCUT2D eigenvalue weighted by atomic mass is 9.92. The van der Waals surface area contributed by atoms with E-state index in [2.05, 4.69) is 10.2 Å². The number of hydrogen-bond acceptors (Lipinski definition) is 6. The molecule has 1 fully saturated rings. The molecule has 2 aromatic heterocycles. The van der Waals surface area contributed by atoms with Gasteiger partial charge in [0.2, 0.25) is 0 Å². The average molecular weight is 416 g/mol. The van der Waals surface area contributed by atoms with Crippen molar-refractivity contribution in [1.29, 1.82) is 0 Å². The van der Waals surface area contributed by atoms with Gasteiger partial charge in [0.05, 0.1) is 11.4 Å². The van der Waals surface area contributed by atoms with Gasteiger partial charge in [0, 0.05) is 11.6 Å². The third-order valence-corrected chi connectivity index (χ3v) is 5.80. The van der Waals surface area contributed by atoms with Crippen LogP contribution in [-0.4, -0.2) is 26.0 Å². The molecule has 0 radical (unpaired) electrons. The van der Waals surface area contributed by atoms with Crippen molar-refractivity contribution < 1.29 is 4.74 Å². The van der Waals surface area contributed by atoms with Crippen LogP contribution < -0.4 is 21.8 Å². The fourth-order valence-corrected chi connectivity index (χ4v) is 4.31. The number of para-hydroxylation sites is 1. The maximum Gasteiger partial charge on any atom is 0.290 e. The van der Waals surface area contributed by atoms with Crippen LogP contribution in [0.25, 0.3) is 22.2 Å². The topological polar surface area (TPSA) is 125 Å². The second-order valence-electron chi connectivity index (χ2n) is 7.97. The second-order valence-corrected chi connectivity index (χ2v) is 7.97. The Morgan fingerprint density at radius 2 is 1.77 bits per heavy atom. The van der Waals surface area contributed by atoms with Crippen LogP contribution in [0, 0.1) is 0 Å². The normalized spacial score (nSPS) is 18.9. The summed E-state index contributed by atoms with van der Waals surface area (Å²) in [5, 5.41) is 11.9. The molecule has 1 saturated carbocycles. The third kappa shape index (κ3) is 3.66. The Morgan fingerprint density at radius 1 is 1.03 bits per heavy atom. The highest BCUT2D eigenvalue weighted by molar-refractivity contribution is 5.99. The Kier molecular flexibility index (Phi) is 4.91. The first kappa shape index (κ1) is 19.3. The number of nitrogen functional groups attached to an aromatic ring is 1. The number of ether oxygens (including phenoxy) is 1. The van der Waals surface area contributed by atoms with Crippen LogP contribution in [0.4, 0.5) is 5.82 Å². The molecule has 8 nitrogen and oxygen atoms in total. The number of hydrogen-bond donors (Lipinski definition) is 3. The van der Waals surface area contributed by atoms with Gasteiger partial charge in [-0.05, 0) is 62.1 Å². The molecule has 0 spiro atoms. The van der Waals surface area contributed by atoms with Gasteiger partial charge in [0.25, 0.3) is 5.56 Å². The van der Waals surface area contributed by atoms with Gasteiger partial charge >= 0.3 is 0 Å². The quantitative estimate of drug-likeness (QED) is 0.467. The van der Waals surface area contributed by atoms with Crippen LogP contribution in [0.2, 0.25) is 0 Å². The largest absolute Gasteiger partial charge is 0.457 e. The van der Waals surface area contributed by atoms with Crippen molar-refractivity contribution in [2.75, 3.05) is 5.73 Å². The van der Waals surface area contributed by atoms with Crippen LogP contribution in [0.1, 0.15) is 31.7 Å². The summed E-state index contributed by atoms with van der Waals surface area (Å²) in [7, 11) is 0. The van der Waals surface area contributed by atoms with Gasteiger partial charge in [-0.3, -0.25) is 9.48 Å². The average Bonchev–Trinajstić information content (AvgIpc) is 3.20.